The van der Waals surface area contributed by atoms with Gasteiger partial charge in [-0.25, -0.2) is 0 Å². The highest BCUT2D eigenvalue weighted by Crippen LogP contribution is 2.37. The highest BCUT2D eigenvalue weighted by molar-refractivity contribution is 6.99. The molecule has 4 nitrogen and oxygen atoms in total. The van der Waals surface area contributed by atoms with Crippen molar-refractivity contribution in [2.24, 2.45) is 0 Å². The standard InChI is InChI=1S/C28H42O4Si/c1-5-19-30-25(21-31-24-14-12-13-23(29)20-24)22-32-33(28(2,3)4,26-15-8-6-9-16-26)27-17-10-7-11-18-27/h6-11,15-18,23-25,29H,5,12-14,19-22H2,1-4H3/t23-,24+,25?/m0/s1. The summed E-state index contributed by atoms with van der Waals surface area (Å²) in [6.07, 6.45) is 4.31. The van der Waals surface area contributed by atoms with E-state index in [4.69, 9.17) is 13.9 Å². The molecular weight excluding hydrogens is 428 g/mol. The lowest BCUT2D eigenvalue weighted by Gasteiger charge is -2.43. The number of rotatable bonds is 11. The number of aliphatic hydroxyl groups excluding tert-OH is 1. The Labute approximate surface area is 201 Å². The Bertz CT molecular complexity index is 766. The van der Waals surface area contributed by atoms with Crippen LogP contribution in [0.3, 0.4) is 0 Å². The van der Waals surface area contributed by atoms with Gasteiger partial charge in [0.2, 0.25) is 0 Å². The molecule has 1 N–H and O–H groups in total. The van der Waals surface area contributed by atoms with Gasteiger partial charge in [0.15, 0.2) is 0 Å². The Balaban J connectivity index is 1.84. The summed E-state index contributed by atoms with van der Waals surface area (Å²) >= 11 is 0. The van der Waals surface area contributed by atoms with Gasteiger partial charge in [0.1, 0.15) is 6.10 Å². The van der Waals surface area contributed by atoms with Gasteiger partial charge in [-0.05, 0) is 47.5 Å². The molecule has 182 valence electrons. The maximum absolute atomic E-state index is 10.0. The molecule has 0 heterocycles. The zero-order chi connectivity index (χ0) is 23.7. The Kier molecular flexibility index (Phi) is 9.71. The van der Waals surface area contributed by atoms with Crippen LogP contribution in [0.4, 0.5) is 0 Å². The van der Waals surface area contributed by atoms with Crippen molar-refractivity contribution in [2.75, 3.05) is 19.8 Å². The minimum absolute atomic E-state index is 0.0701. The third-order valence-electron chi connectivity index (χ3n) is 6.58. The van der Waals surface area contributed by atoms with E-state index in [-0.39, 0.29) is 23.4 Å². The minimum Gasteiger partial charge on any atom is -0.405 e. The van der Waals surface area contributed by atoms with Crippen LogP contribution in [0, 0.1) is 0 Å². The third-order valence-corrected chi connectivity index (χ3v) is 11.6. The van der Waals surface area contributed by atoms with E-state index in [0.29, 0.717) is 19.8 Å². The van der Waals surface area contributed by atoms with Crippen LogP contribution in [0.25, 0.3) is 0 Å². The molecular formula is C28H42O4Si. The SMILES string of the molecule is CCCOC(CO[C@@H]1CCC[C@H](O)C1)CO[Si](c1ccccc1)(c1ccccc1)C(C)(C)C. The van der Waals surface area contributed by atoms with Crippen LogP contribution in [-0.4, -0.2) is 51.6 Å². The monoisotopic (exact) mass is 470 g/mol. The van der Waals surface area contributed by atoms with Gasteiger partial charge in [0.25, 0.3) is 8.32 Å². The molecule has 1 aliphatic rings. The minimum atomic E-state index is -2.61. The molecule has 2 aromatic carbocycles. The predicted molar refractivity (Wildman–Crippen MR) is 138 cm³/mol. The summed E-state index contributed by atoms with van der Waals surface area (Å²) in [6, 6.07) is 21.4. The van der Waals surface area contributed by atoms with Crippen LogP contribution in [0.1, 0.15) is 59.8 Å². The van der Waals surface area contributed by atoms with Gasteiger partial charge >= 0.3 is 0 Å². The van der Waals surface area contributed by atoms with E-state index in [1.54, 1.807) is 0 Å². The first-order chi connectivity index (χ1) is 15.9. The number of hydrogen-bond donors (Lipinski definition) is 1. The van der Waals surface area contributed by atoms with Crippen LogP contribution in [0.5, 0.6) is 0 Å². The Morgan fingerprint density at radius 2 is 1.55 bits per heavy atom. The highest BCUT2D eigenvalue weighted by Gasteiger charge is 2.50. The average molecular weight is 471 g/mol. The van der Waals surface area contributed by atoms with E-state index in [9.17, 15) is 5.11 Å². The molecule has 0 aromatic heterocycles. The lowest BCUT2D eigenvalue weighted by molar-refractivity contribution is -0.0800. The summed E-state index contributed by atoms with van der Waals surface area (Å²) in [5.74, 6) is 0. The van der Waals surface area contributed by atoms with E-state index >= 15 is 0 Å². The summed E-state index contributed by atoms with van der Waals surface area (Å²) in [6.45, 7) is 10.7. The first-order valence-electron chi connectivity index (χ1n) is 12.5. The summed E-state index contributed by atoms with van der Waals surface area (Å²) in [7, 11) is -2.61. The van der Waals surface area contributed by atoms with Crippen molar-refractivity contribution in [2.45, 2.75) is 83.1 Å². The molecule has 0 amide bonds. The molecule has 5 heteroatoms. The zero-order valence-electron chi connectivity index (χ0n) is 20.8. The van der Waals surface area contributed by atoms with E-state index in [1.165, 1.54) is 10.4 Å². The lowest BCUT2D eigenvalue weighted by Crippen LogP contribution is -2.67. The Hall–Kier alpha value is -1.50. The molecule has 1 fully saturated rings. The van der Waals surface area contributed by atoms with Gasteiger partial charge in [0.05, 0.1) is 25.4 Å². The van der Waals surface area contributed by atoms with Gasteiger partial charge in [-0.3, -0.25) is 0 Å². The van der Waals surface area contributed by atoms with Crippen molar-refractivity contribution in [3.8, 4) is 0 Å². The molecule has 1 aliphatic carbocycles. The quantitative estimate of drug-likeness (QED) is 0.485. The summed E-state index contributed by atoms with van der Waals surface area (Å²) < 4.78 is 19.5. The number of aliphatic hydroxyl groups is 1. The van der Waals surface area contributed by atoms with Crippen LogP contribution in [-0.2, 0) is 13.9 Å². The topological polar surface area (TPSA) is 47.9 Å². The fourth-order valence-corrected chi connectivity index (χ4v) is 9.51. The van der Waals surface area contributed by atoms with Gasteiger partial charge in [-0.2, -0.15) is 0 Å². The molecule has 0 saturated heterocycles. The zero-order valence-corrected chi connectivity index (χ0v) is 21.8. The van der Waals surface area contributed by atoms with E-state index in [2.05, 4.69) is 88.4 Å². The van der Waals surface area contributed by atoms with E-state index < -0.39 is 8.32 Å². The lowest BCUT2D eigenvalue weighted by atomic mass is 9.95. The summed E-state index contributed by atoms with van der Waals surface area (Å²) in [4.78, 5) is 0. The number of ether oxygens (including phenoxy) is 2. The van der Waals surface area contributed by atoms with Crippen molar-refractivity contribution in [1.82, 2.24) is 0 Å². The first kappa shape index (κ1) is 26.1. The van der Waals surface area contributed by atoms with Crippen LogP contribution in [0.15, 0.2) is 60.7 Å². The van der Waals surface area contributed by atoms with Crippen molar-refractivity contribution in [3.05, 3.63) is 60.7 Å². The van der Waals surface area contributed by atoms with E-state index in [1.807, 2.05) is 0 Å². The second kappa shape index (κ2) is 12.3. The molecule has 1 unspecified atom stereocenters. The molecule has 3 atom stereocenters. The normalized spacial score (nSPS) is 20.5. The number of benzene rings is 2. The van der Waals surface area contributed by atoms with E-state index in [0.717, 1.165) is 32.1 Å². The van der Waals surface area contributed by atoms with Gasteiger partial charge in [0, 0.05) is 6.61 Å². The fourth-order valence-electron chi connectivity index (χ4n) is 4.92. The average Bonchev–Trinajstić information content (AvgIpc) is 2.81. The van der Waals surface area contributed by atoms with Crippen molar-refractivity contribution < 1.29 is 19.0 Å². The second-order valence-electron chi connectivity index (χ2n) is 10.2. The molecule has 1 saturated carbocycles. The maximum atomic E-state index is 10.0. The molecule has 3 rings (SSSR count). The molecule has 0 bridgehead atoms. The maximum Gasteiger partial charge on any atom is 0.261 e. The Morgan fingerprint density at radius 3 is 2.06 bits per heavy atom. The smallest absolute Gasteiger partial charge is 0.261 e. The molecule has 0 spiro atoms. The molecule has 0 radical (unpaired) electrons. The van der Waals surface area contributed by atoms with Gasteiger partial charge in [-0.15, -0.1) is 0 Å². The van der Waals surface area contributed by atoms with Crippen LogP contribution < -0.4 is 10.4 Å². The van der Waals surface area contributed by atoms with Crippen LogP contribution in [0.2, 0.25) is 5.04 Å². The number of hydrogen-bond acceptors (Lipinski definition) is 4. The summed E-state index contributed by atoms with van der Waals surface area (Å²) in [5, 5.41) is 12.5. The Morgan fingerprint density at radius 1 is 0.939 bits per heavy atom. The van der Waals surface area contributed by atoms with Crippen molar-refractivity contribution >= 4 is 18.7 Å². The predicted octanol–water partition coefficient (Wildman–Crippen LogP) is 4.68. The third kappa shape index (κ3) is 6.77. The fraction of sp³-hybridized carbons (Fsp3) is 0.571. The van der Waals surface area contributed by atoms with Crippen molar-refractivity contribution in [1.29, 1.82) is 0 Å². The van der Waals surface area contributed by atoms with Crippen LogP contribution >= 0.6 is 0 Å². The molecule has 2 aromatic rings. The second-order valence-corrected chi connectivity index (χ2v) is 14.5. The molecule has 33 heavy (non-hydrogen) atoms. The largest absolute Gasteiger partial charge is 0.405 e. The van der Waals surface area contributed by atoms with Gasteiger partial charge in [-0.1, -0.05) is 88.4 Å². The van der Waals surface area contributed by atoms with Crippen molar-refractivity contribution in [3.63, 3.8) is 0 Å². The first-order valence-corrected chi connectivity index (χ1v) is 14.4. The highest BCUT2D eigenvalue weighted by atomic mass is 28.4. The molecule has 0 aliphatic heterocycles. The van der Waals surface area contributed by atoms with Gasteiger partial charge < -0.3 is 19.0 Å². The summed E-state index contributed by atoms with van der Waals surface area (Å²) in [5.41, 5.74) is 0.